The number of amides is 1. The number of nitrogens with zero attached hydrogens (tertiary/aromatic N) is 3. The largest absolute Gasteiger partial charge is 0.277 e. The maximum atomic E-state index is 14.1. The number of aromatic nitrogens is 2. The third kappa shape index (κ3) is 4.16. The van der Waals surface area contributed by atoms with Crippen LogP contribution in [0.15, 0.2) is 121 Å². The Morgan fingerprint density at radius 1 is 0.697 bits per heavy atom. The first-order valence-corrected chi connectivity index (χ1v) is 10.6. The first kappa shape index (κ1) is 20.4. The van der Waals surface area contributed by atoms with Crippen molar-refractivity contribution >= 4 is 17.3 Å². The highest BCUT2D eigenvalue weighted by Gasteiger charge is 2.26. The Morgan fingerprint density at radius 3 is 1.76 bits per heavy atom. The summed E-state index contributed by atoms with van der Waals surface area (Å²) in [7, 11) is 0. The molecule has 5 aromatic rings. The summed E-state index contributed by atoms with van der Waals surface area (Å²) < 4.78 is 15.3. The highest BCUT2D eigenvalue weighted by atomic mass is 19.1. The maximum Gasteiger partial charge on any atom is 0.266 e. The summed E-state index contributed by atoms with van der Waals surface area (Å²) in [6.07, 6.45) is 1.73. The van der Waals surface area contributed by atoms with E-state index in [9.17, 15) is 9.18 Å². The minimum Gasteiger partial charge on any atom is -0.277 e. The second-order valence-electron chi connectivity index (χ2n) is 7.49. The minimum atomic E-state index is -0.343. The third-order valence-electron chi connectivity index (χ3n) is 5.31. The lowest BCUT2D eigenvalue weighted by Gasteiger charge is -2.23. The van der Waals surface area contributed by atoms with Gasteiger partial charge in [0.1, 0.15) is 11.5 Å². The Kier molecular flexibility index (Phi) is 5.52. The van der Waals surface area contributed by atoms with Crippen LogP contribution in [0, 0.1) is 5.82 Å². The second-order valence-corrected chi connectivity index (χ2v) is 7.49. The SMILES string of the molecule is O=C(c1cn(-c2ccccc2)nc1-c1ccc(F)cc1)N(c1ccccc1)c1ccccc1. The molecule has 1 amide bonds. The fourth-order valence-electron chi connectivity index (χ4n) is 3.72. The lowest BCUT2D eigenvalue weighted by molar-refractivity contribution is 0.1000. The van der Waals surface area contributed by atoms with Crippen LogP contribution in [-0.4, -0.2) is 15.7 Å². The van der Waals surface area contributed by atoms with Gasteiger partial charge < -0.3 is 0 Å². The number of rotatable bonds is 5. The van der Waals surface area contributed by atoms with Crippen LogP contribution in [-0.2, 0) is 0 Å². The molecule has 0 radical (unpaired) electrons. The lowest BCUT2D eigenvalue weighted by Crippen LogP contribution is -2.26. The number of hydrogen-bond acceptors (Lipinski definition) is 2. The van der Waals surface area contributed by atoms with Gasteiger partial charge in [0.25, 0.3) is 5.91 Å². The van der Waals surface area contributed by atoms with Gasteiger partial charge in [-0.3, -0.25) is 9.69 Å². The molecule has 0 aliphatic rings. The van der Waals surface area contributed by atoms with E-state index in [2.05, 4.69) is 0 Å². The van der Waals surface area contributed by atoms with Crippen LogP contribution in [0.4, 0.5) is 15.8 Å². The van der Waals surface area contributed by atoms with Crippen LogP contribution in [0.2, 0.25) is 0 Å². The summed E-state index contributed by atoms with van der Waals surface area (Å²) in [6, 6.07) is 34.6. The van der Waals surface area contributed by atoms with Gasteiger partial charge in [-0.05, 0) is 60.7 Å². The van der Waals surface area contributed by atoms with Gasteiger partial charge in [0, 0.05) is 23.1 Å². The molecular formula is C28H20FN3O. The summed E-state index contributed by atoms with van der Waals surface area (Å²) >= 11 is 0. The molecule has 33 heavy (non-hydrogen) atoms. The van der Waals surface area contributed by atoms with Crippen molar-refractivity contribution in [2.75, 3.05) is 4.90 Å². The van der Waals surface area contributed by atoms with Crippen LogP contribution < -0.4 is 4.90 Å². The zero-order valence-corrected chi connectivity index (χ0v) is 17.7. The number of halogens is 1. The first-order valence-electron chi connectivity index (χ1n) is 10.6. The van der Waals surface area contributed by atoms with Crippen molar-refractivity contribution in [3.8, 4) is 16.9 Å². The summed E-state index contributed by atoms with van der Waals surface area (Å²) in [6.45, 7) is 0. The van der Waals surface area contributed by atoms with Gasteiger partial charge in [0.15, 0.2) is 0 Å². The van der Waals surface area contributed by atoms with Crippen LogP contribution in [0.1, 0.15) is 10.4 Å². The van der Waals surface area contributed by atoms with Gasteiger partial charge in [0.2, 0.25) is 0 Å². The van der Waals surface area contributed by atoms with E-state index in [1.165, 1.54) is 12.1 Å². The number of carbonyl (C=O) groups excluding carboxylic acids is 1. The molecule has 0 saturated carbocycles. The van der Waals surface area contributed by atoms with Gasteiger partial charge in [-0.15, -0.1) is 0 Å². The Labute approximate surface area is 191 Å². The molecular weight excluding hydrogens is 413 g/mol. The zero-order valence-electron chi connectivity index (χ0n) is 17.7. The van der Waals surface area contributed by atoms with Crippen LogP contribution in [0.3, 0.4) is 0 Å². The molecule has 0 aliphatic carbocycles. The fourth-order valence-corrected chi connectivity index (χ4v) is 3.72. The van der Waals surface area contributed by atoms with Crippen LogP contribution in [0.25, 0.3) is 16.9 Å². The van der Waals surface area contributed by atoms with Crippen LogP contribution in [0.5, 0.6) is 0 Å². The number of benzene rings is 4. The van der Waals surface area contributed by atoms with Crippen molar-refractivity contribution < 1.29 is 9.18 Å². The van der Waals surface area contributed by atoms with Crippen molar-refractivity contribution in [2.45, 2.75) is 0 Å². The van der Waals surface area contributed by atoms with E-state index >= 15 is 0 Å². The predicted octanol–water partition coefficient (Wildman–Crippen LogP) is 6.66. The molecule has 4 nitrogen and oxygen atoms in total. The molecule has 0 saturated heterocycles. The third-order valence-corrected chi connectivity index (χ3v) is 5.31. The van der Waals surface area contributed by atoms with Crippen molar-refractivity contribution in [2.24, 2.45) is 0 Å². The summed E-state index contributed by atoms with van der Waals surface area (Å²) in [5.74, 6) is -0.571. The monoisotopic (exact) mass is 433 g/mol. The van der Waals surface area contributed by atoms with E-state index in [0.29, 0.717) is 16.8 Å². The zero-order chi connectivity index (χ0) is 22.6. The molecule has 4 aromatic carbocycles. The van der Waals surface area contributed by atoms with E-state index < -0.39 is 0 Å². The Balaban J connectivity index is 1.68. The van der Waals surface area contributed by atoms with Gasteiger partial charge in [0.05, 0.1) is 11.3 Å². The predicted molar refractivity (Wildman–Crippen MR) is 128 cm³/mol. The van der Waals surface area contributed by atoms with Crippen molar-refractivity contribution in [3.63, 3.8) is 0 Å². The van der Waals surface area contributed by atoms with Gasteiger partial charge in [-0.25, -0.2) is 9.07 Å². The van der Waals surface area contributed by atoms with E-state index in [1.807, 2.05) is 91.0 Å². The summed E-state index contributed by atoms with van der Waals surface area (Å²) in [5.41, 5.74) is 3.87. The van der Waals surface area contributed by atoms with E-state index in [4.69, 9.17) is 5.10 Å². The number of para-hydroxylation sites is 3. The molecule has 1 aromatic heterocycles. The van der Waals surface area contributed by atoms with Gasteiger partial charge in [-0.2, -0.15) is 5.10 Å². The molecule has 0 N–H and O–H groups in total. The normalized spacial score (nSPS) is 10.7. The van der Waals surface area contributed by atoms with Crippen molar-refractivity contribution in [1.82, 2.24) is 9.78 Å². The van der Waals surface area contributed by atoms with E-state index in [1.54, 1.807) is 27.9 Å². The van der Waals surface area contributed by atoms with Crippen LogP contribution >= 0.6 is 0 Å². The molecule has 0 spiro atoms. The molecule has 0 fully saturated rings. The Hall–Kier alpha value is -4.51. The van der Waals surface area contributed by atoms with E-state index in [-0.39, 0.29) is 11.7 Å². The molecule has 5 rings (SSSR count). The molecule has 160 valence electrons. The summed E-state index contributed by atoms with van der Waals surface area (Å²) in [4.78, 5) is 15.7. The molecule has 0 bridgehead atoms. The molecule has 5 heteroatoms. The Bertz CT molecular complexity index is 1330. The smallest absolute Gasteiger partial charge is 0.266 e. The first-order chi connectivity index (χ1) is 16.2. The number of carbonyl (C=O) groups is 1. The maximum absolute atomic E-state index is 14.1. The molecule has 1 heterocycles. The van der Waals surface area contributed by atoms with Crippen molar-refractivity contribution in [3.05, 3.63) is 133 Å². The average Bonchev–Trinajstić information content (AvgIpc) is 3.32. The summed E-state index contributed by atoms with van der Waals surface area (Å²) in [5, 5.41) is 4.72. The molecule has 0 atom stereocenters. The fraction of sp³-hybridized carbons (Fsp3) is 0. The minimum absolute atomic E-state index is 0.228. The number of anilines is 2. The topological polar surface area (TPSA) is 38.1 Å². The standard InChI is InChI=1S/C28H20FN3O/c29-22-18-16-21(17-19-22)27-26(20-31(30-27)23-10-4-1-5-11-23)28(33)32(24-12-6-2-7-13-24)25-14-8-3-9-15-25/h1-20H. The average molecular weight is 433 g/mol. The van der Waals surface area contributed by atoms with Crippen molar-refractivity contribution in [1.29, 1.82) is 0 Å². The highest BCUT2D eigenvalue weighted by Crippen LogP contribution is 2.31. The highest BCUT2D eigenvalue weighted by molar-refractivity contribution is 6.13. The molecule has 0 unspecified atom stereocenters. The number of hydrogen-bond donors (Lipinski definition) is 0. The van der Waals surface area contributed by atoms with Gasteiger partial charge >= 0.3 is 0 Å². The van der Waals surface area contributed by atoms with E-state index in [0.717, 1.165) is 17.1 Å². The van der Waals surface area contributed by atoms with Gasteiger partial charge in [-0.1, -0.05) is 54.6 Å². The lowest BCUT2D eigenvalue weighted by atomic mass is 10.1. The Morgan fingerprint density at radius 2 is 1.21 bits per heavy atom. The second kappa shape index (κ2) is 8.93. The molecule has 0 aliphatic heterocycles. The quantitative estimate of drug-likeness (QED) is 0.311.